The molecule has 1 aliphatic rings. The number of rotatable bonds is 6. The third-order valence-electron chi connectivity index (χ3n) is 6.28. The molecule has 0 heterocycles. The first kappa shape index (κ1) is 20.9. The van der Waals surface area contributed by atoms with Crippen molar-refractivity contribution in [1.29, 1.82) is 0 Å². The van der Waals surface area contributed by atoms with Crippen molar-refractivity contribution in [3.05, 3.63) is 29.8 Å². The van der Waals surface area contributed by atoms with E-state index in [9.17, 15) is 29.7 Å². The second-order valence-electron chi connectivity index (χ2n) is 7.34. The molecule has 0 spiro atoms. The predicted octanol–water partition coefficient (Wildman–Crippen LogP) is 2.46. The van der Waals surface area contributed by atoms with Crippen molar-refractivity contribution < 1.29 is 34.4 Å². The smallest absolute Gasteiger partial charge is 0.317 e. The van der Waals surface area contributed by atoms with E-state index in [-0.39, 0.29) is 12.8 Å². The Morgan fingerprint density at radius 2 is 1.67 bits per heavy atom. The summed E-state index contributed by atoms with van der Waals surface area (Å²) in [7, 11) is 1.48. The largest absolute Gasteiger partial charge is 0.497 e. The number of carbonyl (C=O) groups excluding carboxylic acids is 1. The van der Waals surface area contributed by atoms with Gasteiger partial charge in [0.05, 0.1) is 12.7 Å². The number of carboxylic acids is 2. The number of methoxy groups -OCH3 is 1. The minimum atomic E-state index is -1.94. The number of carboxylic acid groups (broad SMARTS) is 2. The van der Waals surface area contributed by atoms with Gasteiger partial charge < -0.3 is 20.1 Å². The summed E-state index contributed by atoms with van der Waals surface area (Å²) in [6.45, 7) is 4.46. The van der Waals surface area contributed by atoms with E-state index >= 15 is 0 Å². The van der Waals surface area contributed by atoms with Crippen LogP contribution in [0.4, 0.5) is 0 Å². The molecule has 1 aliphatic carbocycles. The topological polar surface area (TPSA) is 121 Å². The van der Waals surface area contributed by atoms with Crippen LogP contribution < -0.4 is 4.74 Å². The van der Waals surface area contributed by atoms with Crippen molar-refractivity contribution in [3.63, 3.8) is 0 Å². The van der Waals surface area contributed by atoms with Gasteiger partial charge in [-0.3, -0.25) is 14.4 Å². The zero-order valence-corrected chi connectivity index (χ0v) is 16.0. The van der Waals surface area contributed by atoms with Crippen LogP contribution in [0.2, 0.25) is 0 Å². The lowest BCUT2D eigenvalue weighted by Gasteiger charge is -2.56. The molecule has 1 saturated carbocycles. The molecule has 27 heavy (non-hydrogen) atoms. The Balaban J connectivity index is 2.91. The van der Waals surface area contributed by atoms with Gasteiger partial charge in [0.1, 0.15) is 16.6 Å². The molecule has 1 aromatic carbocycles. The number of Topliss-reactive ketones (excluding diaryl/α,β-unsaturated/α-hetero) is 1. The Morgan fingerprint density at radius 3 is 2.04 bits per heavy atom. The quantitative estimate of drug-likeness (QED) is 0.650. The molecule has 0 aliphatic heterocycles. The van der Waals surface area contributed by atoms with Crippen molar-refractivity contribution in [2.24, 2.45) is 10.8 Å². The van der Waals surface area contributed by atoms with Gasteiger partial charge in [-0.1, -0.05) is 26.0 Å². The van der Waals surface area contributed by atoms with Crippen LogP contribution in [-0.4, -0.2) is 45.8 Å². The van der Waals surface area contributed by atoms with E-state index in [4.69, 9.17) is 4.74 Å². The number of ether oxygens (including phenoxy) is 1. The molecule has 7 heteroatoms. The lowest BCUT2D eigenvalue weighted by atomic mass is 9.45. The lowest BCUT2D eigenvalue weighted by Crippen LogP contribution is -2.67. The van der Waals surface area contributed by atoms with Crippen molar-refractivity contribution in [1.82, 2.24) is 0 Å². The van der Waals surface area contributed by atoms with Gasteiger partial charge in [0.25, 0.3) is 0 Å². The number of aliphatic carboxylic acids is 2. The monoisotopic (exact) mass is 378 g/mol. The van der Waals surface area contributed by atoms with Crippen molar-refractivity contribution in [3.8, 4) is 5.75 Å². The second-order valence-corrected chi connectivity index (χ2v) is 7.34. The van der Waals surface area contributed by atoms with E-state index in [1.54, 1.807) is 38.1 Å². The van der Waals surface area contributed by atoms with E-state index < -0.39 is 46.5 Å². The third kappa shape index (κ3) is 2.72. The standard InChI is InChI=1S/C20H26O7/c1-5-19(16(22)23)14(21)11-18(3,26)20(6-2,17(24)25)15(19)12-7-9-13(27-4)10-8-12/h7-10,15,26H,5-6,11H2,1-4H3,(H,22,23)(H,24,25). The van der Waals surface area contributed by atoms with Crippen LogP contribution in [0.1, 0.15) is 51.5 Å². The fourth-order valence-electron chi connectivity index (χ4n) is 4.77. The molecular weight excluding hydrogens is 352 g/mol. The van der Waals surface area contributed by atoms with Crippen LogP contribution in [0.25, 0.3) is 0 Å². The summed E-state index contributed by atoms with van der Waals surface area (Å²) in [6, 6.07) is 6.32. The van der Waals surface area contributed by atoms with E-state index in [2.05, 4.69) is 0 Å². The van der Waals surface area contributed by atoms with E-state index in [0.717, 1.165) is 0 Å². The Bertz CT molecular complexity index is 752. The molecule has 3 N–H and O–H groups in total. The first-order valence-corrected chi connectivity index (χ1v) is 8.91. The predicted molar refractivity (Wildman–Crippen MR) is 96.7 cm³/mol. The number of hydrogen-bond donors (Lipinski definition) is 3. The van der Waals surface area contributed by atoms with Gasteiger partial charge in [-0.2, -0.15) is 0 Å². The molecule has 0 radical (unpaired) electrons. The van der Waals surface area contributed by atoms with Crippen molar-refractivity contribution in [2.45, 2.75) is 51.6 Å². The summed E-state index contributed by atoms with van der Waals surface area (Å²) < 4.78 is 5.12. The highest BCUT2D eigenvalue weighted by atomic mass is 16.5. The van der Waals surface area contributed by atoms with Crippen LogP contribution >= 0.6 is 0 Å². The van der Waals surface area contributed by atoms with Gasteiger partial charge >= 0.3 is 11.9 Å². The number of benzene rings is 1. The van der Waals surface area contributed by atoms with Gasteiger partial charge in [0, 0.05) is 12.3 Å². The molecule has 0 aromatic heterocycles. The van der Waals surface area contributed by atoms with Crippen LogP contribution in [0.5, 0.6) is 5.75 Å². The van der Waals surface area contributed by atoms with Crippen LogP contribution in [0.15, 0.2) is 24.3 Å². The van der Waals surface area contributed by atoms with Crippen LogP contribution in [-0.2, 0) is 14.4 Å². The average molecular weight is 378 g/mol. The third-order valence-corrected chi connectivity index (χ3v) is 6.28. The SMILES string of the molecule is CCC1(C(=O)O)C(=O)CC(C)(O)C(CC)(C(=O)O)C1c1ccc(OC)cc1. The van der Waals surface area contributed by atoms with Crippen LogP contribution in [0.3, 0.4) is 0 Å². The molecule has 0 amide bonds. The maximum Gasteiger partial charge on any atom is 0.317 e. The van der Waals surface area contributed by atoms with Gasteiger partial charge in [-0.25, -0.2) is 0 Å². The maximum absolute atomic E-state index is 13.0. The number of ketones is 1. The Kier molecular flexibility index (Phi) is 5.39. The summed E-state index contributed by atoms with van der Waals surface area (Å²) in [4.78, 5) is 37.8. The Hall–Kier alpha value is -2.41. The molecular formula is C20H26O7. The summed E-state index contributed by atoms with van der Waals surface area (Å²) in [6.07, 6.45) is -0.642. The molecule has 0 saturated heterocycles. The molecule has 2 rings (SSSR count). The summed E-state index contributed by atoms with van der Waals surface area (Å²) in [5.74, 6) is -4.07. The minimum absolute atomic E-state index is 0.0334. The Labute approximate surface area is 158 Å². The van der Waals surface area contributed by atoms with E-state index in [1.807, 2.05) is 0 Å². The lowest BCUT2D eigenvalue weighted by molar-refractivity contribution is -0.199. The highest BCUT2D eigenvalue weighted by Crippen LogP contribution is 2.62. The summed E-state index contributed by atoms with van der Waals surface area (Å²) >= 11 is 0. The molecule has 0 bridgehead atoms. The number of hydrogen-bond acceptors (Lipinski definition) is 5. The van der Waals surface area contributed by atoms with Gasteiger partial charge in [-0.05, 0) is 37.5 Å². The molecule has 4 unspecified atom stereocenters. The van der Waals surface area contributed by atoms with Gasteiger partial charge in [0.2, 0.25) is 0 Å². The highest BCUT2D eigenvalue weighted by molar-refractivity contribution is 6.07. The number of carbonyl (C=O) groups is 3. The normalized spacial score (nSPS) is 33.5. The average Bonchev–Trinajstić information content (AvgIpc) is 2.60. The first-order chi connectivity index (χ1) is 12.5. The summed E-state index contributed by atoms with van der Waals surface area (Å²) in [5.41, 5.74) is -5.31. The maximum atomic E-state index is 13.0. The summed E-state index contributed by atoms with van der Waals surface area (Å²) in [5, 5.41) is 31.3. The van der Waals surface area contributed by atoms with Gasteiger partial charge in [0.15, 0.2) is 5.78 Å². The van der Waals surface area contributed by atoms with Crippen molar-refractivity contribution in [2.75, 3.05) is 7.11 Å². The Morgan fingerprint density at radius 1 is 1.11 bits per heavy atom. The second kappa shape index (κ2) is 6.96. The van der Waals surface area contributed by atoms with Gasteiger partial charge in [-0.15, -0.1) is 0 Å². The zero-order valence-electron chi connectivity index (χ0n) is 16.0. The molecule has 4 atom stereocenters. The molecule has 148 valence electrons. The zero-order chi connectivity index (χ0) is 20.6. The fourth-order valence-corrected chi connectivity index (χ4v) is 4.77. The minimum Gasteiger partial charge on any atom is -0.497 e. The van der Waals surface area contributed by atoms with Crippen molar-refractivity contribution >= 4 is 17.7 Å². The van der Waals surface area contributed by atoms with Crippen LogP contribution in [0, 0.1) is 10.8 Å². The van der Waals surface area contributed by atoms with E-state index in [0.29, 0.717) is 11.3 Å². The molecule has 1 fully saturated rings. The number of aliphatic hydroxyl groups is 1. The first-order valence-electron chi connectivity index (χ1n) is 8.91. The molecule has 7 nitrogen and oxygen atoms in total. The fraction of sp³-hybridized carbons (Fsp3) is 0.550. The van der Waals surface area contributed by atoms with E-state index in [1.165, 1.54) is 14.0 Å². The molecule has 1 aromatic rings. The highest BCUT2D eigenvalue weighted by Gasteiger charge is 2.71.